The number of aliphatic carboxylic acids is 2. The molecule has 7 nitrogen and oxygen atoms in total. The number of hydrogen-bond acceptors (Lipinski definition) is 5. The molecule has 0 saturated heterocycles. The zero-order chi connectivity index (χ0) is 19.7. The quantitative estimate of drug-likeness (QED) is 0.516. The Bertz CT molecular complexity index is 656. The second kappa shape index (κ2) is 10.1. The molecule has 0 fully saturated rings. The van der Waals surface area contributed by atoms with Gasteiger partial charge in [-0.25, -0.2) is 4.39 Å². The maximum Gasteiger partial charge on any atom is 0.320 e. The number of hydrogen-bond donors (Lipinski definition) is 5. The van der Waals surface area contributed by atoms with Crippen molar-refractivity contribution in [3.05, 3.63) is 65.5 Å². The van der Waals surface area contributed by atoms with Gasteiger partial charge in [0.2, 0.25) is 0 Å². The Labute approximate surface area is 149 Å². The summed E-state index contributed by atoms with van der Waals surface area (Å²) in [6, 6.07) is 10.1. The summed E-state index contributed by atoms with van der Waals surface area (Å²) in [7, 11) is 0. The van der Waals surface area contributed by atoms with E-state index < -0.39 is 24.0 Å². The third kappa shape index (κ3) is 7.73. The normalized spacial score (nSPS) is 12.4. The lowest BCUT2D eigenvalue weighted by molar-refractivity contribution is -0.139. The molecule has 2 atom stereocenters. The number of aromatic hydroxyl groups is 1. The number of phenolic OH excluding ortho intramolecular Hbond substituents is 1. The van der Waals surface area contributed by atoms with Crippen LogP contribution < -0.4 is 11.5 Å². The Balaban J connectivity index is 0.000000260. The predicted octanol–water partition coefficient (Wildman–Crippen LogP) is 1.13. The van der Waals surface area contributed by atoms with Crippen LogP contribution in [0.2, 0.25) is 0 Å². The number of carbonyl (C=O) groups is 2. The van der Waals surface area contributed by atoms with E-state index in [1.54, 1.807) is 12.1 Å². The average molecular weight is 364 g/mol. The zero-order valence-corrected chi connectivity index (χ0v) is 13.9. The van der Waals surface area contributed by atoms with Crippen molar-refractivity contribution in [1.29, 1.82) is 0 Å². The highest BCUT2D eigenvalue weighted by Gasteiger charge is 2.12. The minimum absolute atomic E-state index is 0.160. The van der Waals surface area contributed by atoms with Crippen LogP contribution in [-0.4, -0.2) is 39.3 Å². The first kappa shape index (κ1) is 21.1. The first-order chi connectivity index (χ1) is 12.2. The Kier molecular flexibility index (Phi) is 8.20. The molecule has 0 aliphatic heterocycles. The SMILES string of the molecule is NC(Cc1ccc(F)cc1)C(=O)O.NC(Cc1ccc(O)cc1)C(=O)O. The lowest BCUT2D eigenvalue weighted by atomic mass is 10.1. The van der Waals surface area contributed by atoms with Gasteiger partial charge >= 0.3 is 11.9 Å². The van der Waals surface area contributed by atoms with Crippen LogP contribution >= 0.6 is 0 Å². The maximum atomic E-state index is 12.4. The van der Waals surface area contributed by atoms with E-state index in [-0.39, 0.29) is 24.4 Å². The Morgan fingerprint density at radius 3 is 1.50 bits per heavy atom. The van der Waals surface area contributed by atoms with Crippen LogP contribution in [0.1, 0.15) is 11.1 Å². The molecule has 0 aliphatic carbocycles. The largest absolute Gasteiger partial charge is 0.508 e. The highest BCUT2D eigenvalue weighted by atomic mass is 19.1. The Morgan fingerprint density at radius 1 is 0.808 bits per heavy atom. The molecule has 0 aliphatic rings. The number of carboxylic acids is 2. The maximum absolute atomic E-state index is 12.4. The van der Waals surface area contributed by atoms with Crippen molar-refractivity contribution < 1.29 is 29.3 Å². The molecular weight excluding hydrogens is 343 g/mol. The summed E-state index contributed by atoms with van der Waals surface area (Å²) in [6.07, 6.45) is 0.491. The topological polar surface area (TPSA) is 147 Å². The van der Waals surface area contributed by atoms with Crippen molar-refractivity contribution in [2.75, 3.05) is 0 Å². The van der Waals surface area contributed by atoms with Gasteiger partial charge in [-0.15, -0.1) is 0 Å². The molecule has 0 spiro atoms. The van der Waals surface area contributed by atoms with Crippen LogP contribution in [-0.2, 0) is 22.4 Å². The van der Waals surface area contributed by atoms with Crippen LogP contribution in [0.5, 0.6) is 5.75 Å². The van der Waals surface area contributed by atoms with Gasteiger partial charge < -0.3 is 26.8 Å². The van der Waals surface area contributed by atoms with Gasteiger partial charge in [0.05, 0.1) is 0 Å². The van der Waals surface area contributed by atoms with E-state index in [0.29, 0.717) is 0 Å². The third-order valence-corrected chi connectivity index (χ3v) is 3.40. The fourth-order valence-electron chi connectivity index (χ4n) is 1.94. The van der Waals surface area contributed by atoms with Gasteiger partial charge in [0.15, 0.2) is 0 Å². The minimum atomic E-state index is -1.05. The first-order valence-electron chi connectivity index (χ1n) is 7.68. The van der Waals surface area contributed by atoms with Crippen molar-refractivity contribution in [3.8, 4) is 5.75 Å². The second-order valence-electron chi connectivity index (χ2n) is 5.59. The highest BCUT2D eigenvalue weighted by molar-refractivity contribution is 5.73. The summed E-state index contributed by atoms with van der Waals surface area (Å²) in [5, 5.41) is 26.0. The molecule has 0 saturated carbocycles. The lowest BCUT2D eigenvalue weighted by Gasteiger charge is -2.05. The van der Waals surface area contributed by atoms with Gasteiger partial charge in [0.1, 0.15) is 23.7 Å². The van der Waals surface area contributed by atoms with Crippen molar-refractivity contribution in [2.45, 2.75) is 24.9 Å². The van der Waals surface area contributed by atoms with Crippen molar-refractivity contribution >= 4 is 11.9 Å². The summed E-state index contributed by atoms with van der Waals surface area (Å²) in [5.41, 5.74) is 12.1. The van der Waals surface area contributed by atoms with E-state index >= 15 is 0 Å². The lowest BCUT2D eigenvalue weighted by Crippen LogP contribution is -2.32. The summed E-state index contributed by atoms with van der Waals surface area (Å²) in [4.78, 5) is 20.8. The fourth-order valence-corrected chi connectivity index (χ4v) is 1.94. The number of rotatable bonds is 6. The molecule has 8 heteroatoms. The second-order valence-corrected chi connectivity index (χ2v) is 5.59. The number of carboxylic acid groups (broad SMARTS) is 2. The first-order valence-corrected chi connectivity index (χ1v) is 7.68. The smallest absolute Gasteiger partial charge is 0.320 e. The number of benzene rings is 2. The van der Waals surface area contributed by atoms with Crippen molar-refractivity contribution in [3.63, 3.8) is 0 Å². The summed E-state index contributed by atoms with van der Waals surface area (Å²) in [5.74, 6) is -2.25. The number of phenols is 1. The fraction of sp³-hybridized carbons (Fsp3) is 0.222. The number of halogens is 1. The standard InChI is InChI=1S/C9H10FNO2.C9H11NO3/c10-7-3-1-6(2-4-7)5-8(11)9(12)13;10-8(9(12)13)5-6-1-3-7(11)4-2-6/h1-4,8H,5,11H2,(H,12,13);1-4,8,11H,5,10H2,(H,12,13). The summed E-state index contributed by atoms with van der Waals surface area (Å²) >= 11 is 0. The predicted molar refractivity (Wildman–Crippen MR) is 93.1 cm³/mol. The van der Waals surface area contributed by atoms with Gasteiger partial charge in [0.25, 0.3) is 0 Å². The highest BCUT2D eigenvalue weighted by Crippen LogP contribution is 2.10. The molecule has 0 bridgehead atoms. The monoisotopic (exact) mass is 364 g/mol. The molecule has 2 unspecified atom stereocenters. The van der Waals surface area contributed by atoms with Crippen molar-refractivity contribution in [2.24, 2.45) is 11.5 Å². The third-order valence-electron chi connectivity index (χ3n) is 3.40. The van der Waals surface area contributed by atoms with Crippen LogP contribution in [0.15, 0.2) is 48.5 Å². The Morgan fingerprint density at radius 2 is 1.15 bits per heavy atom. The van der Waals surface area contributed by atoms with Gasteiger partial charge in [-0.2, -0.15) is 0 Å². The minimum Gasteiger partial charge on any atom is -0.508 e. The van der Waals surface area contributed by atoms with Crippen molar-refractivity contribution in [1.82, 2.24) is 0 Å². The molecule has 0 amide bonds. The molecule has 26 heavy (non-hydrogen) atoms. The molecule has 2 aromatic rings. The molecule has 2 aromatic carbocycles. The molecular formula is C18H21FN2O5. The van der Waals surface area contributed by atoms with Gasteiger partial charge in [-0.3, -0.25) is 9.59 Å². The number of nitrogens with two attached hydrogens (primary N) is 2. The molecule has 0 heterocycles. The molecule has 140 valence electrons. The summed E-state index contributed by atoms with van der Waals surface area (Å²) in [6.45, 7) is 0. The van der Waals surface area contributed by atoms with E-state index in [2.05, 4.69) is 0 Å². The van der Waals surface area contributed by atoms with Crippen LogP contribution in [0.3, 0.4) is 0 Å². The molecule has 2 rings (SSSR count). The Hall–Kier alpha value is -2.97. The van der Waals surface area contributed by atoms with E-state index in [1.165, 1.54) is 36.4 Å². The van der Waals surface area contributed by atoms with E-state index in [4.69, 9.17) is 26.8 Å². The zero-order valence-electron chi connectivity index (χ0n) is 13.9. The average Bonchev–Trinajstić information content (AvgIpc) is 2.59. The van der Waals surface area contributed by atoms with Crippen LogP contribution in [0.4, 0.5) is 4.39 Å². The summed E-state index contributed by atoms with van der Waals surface area (Å²) < 4.78 is 12.4. The van der Waals surface area contributed by atoms with Gasteiger partial charge in [0, 0.05) is 0 Å². The molecule has 0 radical (unpaired) electrons. The van der Waals surface area contributed by atoms with Crippen LogP contribution in [0.25, 0.3) is 0 Å². The van der Waals surface area contributed by atoms with E-state index in [1.807, 2.05) is 0 Å². The molecule has 7 N–H and O–H groups in total. The van der Waals surface area contributed by atoms with Crippen LogP contribution in [0, 0.1) is 5.82 Å². The van der Waals surface area contributed by atoms with E-state index in [0.717, 1.165) is 11.1 Å². The van der Waals surface area contributed by atoms with Gasteiger partial charge in [-0.05, 0) is 48.2 Å². The molecule has 0 aromatic heterocycles. The van der Waals surface area contributed by atoms with Gasteiger partial charge in [-0.1, -0.05) is 24.3 Å². The van der Waals surface area contributed by atoms with E-state index in [9.17, 15) is 14.0 Å².